The highest BCUT2D eigenvalue weighted by atomic mass is 32.1. The van der Waals surface area contributed by atoms with Crippen molar-refractivity contribution in [2.24, 2.45) is 23.7 Å². The Morgan fingerprint density at radius 2 is 1.84 bits per heavy atom. The van der Waals surface area contributed by atoms with Gasteiger partial charge in [0.1, 0.15) is 5.75 Å². The number of aromatic nitrogens is 1. The van der Waals surface area contributed by atoms with E-state index in [0.717, 1.165) is 45.3 Å². The molecule has 1 N–H and O–H groups in total. The summed E-state index contributed by atoms with van der Waals surface area (Å²) in [6, 6.07) is 21.5. The Morgan fingerprint density at radius 1 is 1.02 bits per heavy atom. The molecule has 0 unspecified atom stereocenters. The van der Waals surface area contributed by atoms with Crippen LogP contribution in [0.15, 0.2) is 89.5 Å². The summed E-state index contributed by atoms with van der Waals surface area (Å²) in [5.41, 5.74) is 5.54. The first-order valence-electron chi connectivity index (χ1n) is 15.5. The van der Waals surface area contributed by atoms with Gasteiger partial charge in [0.25, 0.3) is 0 Å². The van der Waals surface area contributed by atoms with Gasteiger partial charge in [-0.3, -0.25) is 19.5 Å². The topological polar surface area (TPSA) is 79.7 Å². The van der Waals surface area contributed by atoms with E-state index in [9.17, 15) is 14.7 Å². The number of fused-ring (bicyclic) bond motifs is 4. The van der Waals surface area contributed by atoms with Crippen LogP contribution in [0.2, 0.25) is 0 Å². The molecular formula is C37H36N2O4S. The lowest BCUT2D eigenvalue weighted by molar-refractivity contribution is -0.140. The minimum atomic E-state index is -0.348. The van der Waals surface area contributed by atoms with Gasteiger partial charge in [-0.25, -0.2) is 0 Å². The lowest BCUT2D eigenvalue weighted by atomic mass is 9.67. The smallest absolute Gasteiger partial charge is 0.234 e. The zero-order chi connectivity index (χ0) is 30.4. The molecule has 0 bridgehead atoms. The fourth-order valence-electron chi connectivity index (χ4n) is 7.47. The molecule has 2 fully saturated rings. The predicted molar refractivity (Wildman–Crippen MR) is 174 cm³/mol. The maximum Gasteiger partial charge on any atom is 0.234 e. The van der Waals surface area contributed by atoms with E-state index in [1.165, 1.54) is 16.0 Å². The Bertz CT molecular complexity index is 1780. The summed E-state index contributed by atoms with van der Waals surface area (Å²) < 4.78 is 6.52. The van der Waals surface area contributed by atoms with Gasteiger partial charge in [0.15, 0.2) is 0 Å². The number of allylic oxidation sites excluding steroid dienone is 2. The molecule has 2 saturated heterocycles. The van der Waals surface area contributed by atoms with E-state index in [0.29, 0.717) is 19.6 Å². The Labute approximate surface area is 261 Å². The highest BCUT2D eigenvalue weighted by molar-refractivity contribution is 7.09. The zero-order valence-corrected chi connectivity index (χ0v) is 25.8. The maximum atomic E-state index is 13.8. The minimum Gasteiger partial charge on any atom is -0.507 e. The monoisotopic (exact) mass is 604 g/mol. The third kappa shape index (κ3) is 5.08. The Balaban J connectivity index is 1.19. The molecule has 1 aliphatic carbocycles. The van der Waals surface area contributed by atoms with Gasteiger partial charge < -0.3 is 9.84 Å². The van der Waals surface area contributed by atoms with Gasteiger partial charge >= 0.3 is 0 Å². The number of rotatable bonds is 8. The second-order valence-electron chi connectivity index (χ2n) is 12.4. The van der Waals surface area contributed by atoms with Crippen LogP contribution in [-0.2, 0) is 20.9 Å². The second kappa shape index (κ2) is 11.8. The van der Waals surface area contributed by atoms with Crippen molar-refractivity contribution in [3.05, 3.63) is 106 Å². The number of likely N-dealkylation sites (tertiary alicyclic amines) is 1. The Kier molecular flexibility index (Phi) is 7.69. The fourth-order valence-corrected chi connectivity index (χ4v) is 8.16. The summed E-state index contributed by atoms with van der Waals surface area (Å²) >= 11 is 1.58. The number of thiophene rings is 1. The number of carbonyl (C=O) groups is 2. The van der Waals surface area contributed by atoms with E-state index in [-0.39, 0.29) is 47.3 Å². The molecule has 4 aromatic rings. The Morgan fingerprint density at radius 3 is 2.59 bits per heavy atom. The molecule has 3 aliphatic rings. The molecule has 0 spiro atoms. The fraction of sp³-hybridized carbons (Fsp3) is 0.324. The minimum absolute atomic E-state index is 0.0319. The lowest BCUT2D eigenvalue weighted by Gasteiger charge is -2.33. The third-order valence-corrected chi connectivity index (χ3v) is 10.4. The molecule has 2 amide bonds. The maximum absolute atomic E-state index is 13.8. The van der Waals surface area contributed by atoms with Crippen LogP contribution in [0.5, 0.6) is 5.75 Å². The van der Waals surface area contributed by atoms with Gasteiger partial charge in [0, 0.05) is 22.4 Å². The van der Waals surface area contributed by atoms with Gasteiger partial charge in [-0.05, 0) is 83.0 Å². The van der Waals surface area contributed by atoms with Crippen molar-refractivity contribution in [1.29, 1.82) is 0 Å². The quantitative estimate of drug-likeness (QED) is 0.166. The van der Waals surface area contributed by atoms with Crippen molar-refractivity contribution in [2.75, 3.05) is 6.61 Å². The average molecular weight is 605 g/mol. The predicted octanol–water partition coefficient (Wildman–Crippen LogP) is 7.50. The highest BCUT2D eigenvalue weighted by Crippen LogP contribution is 2.51. The summed E-state index contributed by atoms with van der Waals surface area (Å²) in [6.45, 7) is 5.20. The highest BCUT2D eigenvalue weighted by Gasteiger charge is 2.57. The van der Waals surface area contributed by atoms with Crippen LogP contribution in [0, 0.1) is 23.7 Å². The van der Waals surface area contributed by atoms with E-state index < -0.39 is 0 Å². The first kappa shape index (κ1) is 28.7. The SMILES string of the molecule is CC(C)C1=C2[C@@H](CC/C(=C/c3ccc(O)c4ccccc34)c3ccccn3)OC[C@@H]2[C@@H]2C(=O)N(Cc3cccs3)C(=O)[C@@H]2C1. The largest absolute Gasteiger partial charge is 0.507 e. The first-order chi connectivity index (χ1) is 21.4. The first-order valence-corrected chi connectivity index (χ1v) is 16.3. The number of carbonyl (C=O) groups excluding carboxylic acids is 2. The zero-order valence-electron chi connectivity index (χ0n) is 25.0. The normalized spacial score (nSPS) is 23.6. The standard InChI is InChI=1S/C37H36N2O4S/c1-22(2)28-19-29-35(37(42)39(36(29)41)20-25-8-7-17-44-25)30-21-43-33(34(28)30)15-13-24(31-11-5-6-16-38-31)18-23-12-14-32(40)27-10-4-3-9-26(23)27/h3-12,14,16-18,22,29-30,33,35,40H,13,15,19-21H2,1-2H3/b24-18-/t29-,30+,33-,35-/m1/s1. The van der Waals surface area contributed by atoms with E-state index in [1.807, 2.05) is 72.2 Å². The number of phenolic OH excluding ortho intramolecular Hbond substituents is 1. The summed E-state index contributed by atoms with van der Waals surface area (Å²) in [5.74, 6) is -0.265. The van der Waals surface area contributed by atoms with Crippen LogP contribution < -0.4 is 0 Å². The number of benzene rings is 2. The molecule has 0 radical (unpaired) electrons. The molecule has 0 saturated carbocycles. The van der Waals surface area contributed by atoms with Crippen LogP contribution in [0.3, 0.4) is 0 Å². The summed E-state index contributed by atoms with van der Waals surface area (Å²) in [6.07, 6.45) is 5.97. The molecule has 44 heavy (non-hydrogen) atoms. The van der Waals surface area contributed by atoms with Crippen molar-refractivity contribution in [2.45, 2.75) is 45.8 Å². The van der Waals surface area contributed by atoms with E-state index in [1.54, 1.807) is 17.4 Å². The van der Waals surface area contributed by atoms with Crippen molar-refractivity contribution in [1.82, 2.24) is 9.88 Å². The van der Waals surface area contributed by atoms with Crippen LogP contribution in [0.4, 0.5) is 0 Å². The molecular weight excluding hydrogens is 568 g/mol. The van der Waals surface area contributed by atoms with Gasteiger partial charge in [0.05, 0.1) is 36.8 Å². The lowest BCUT2D eigenvalue weighted by Crippen LogP contribution is -2.35. The van der Waals surface area contributed by atoms with E-state index in [2.05, 4.69) is 24.9 Å². The number of nitrogens with zero attached hydrogens (tertiary/aromatic N) is 2. The number of amides is 2. The Hall–Kier alpha value is -4.07. The molecule has 2 aromatic heterocycles. The van der Waals surface area contributed by atoms with Crippen LogP contribution in [-0.4, -0.2) is 39.5 Å². The number of hydrogen-bond acceptors (Lipinski definition) is 6. The van der Waals surface area contributed by atoms with Crippen LogP contribution in [0.25, 0.3) is 22.4 Å². The van der Waals surface area contributed by atoms with Crippen LogP contribution >= 0.6 is 11.3 Å². The molecule has 224 valence electrons. The average Bonchev–Trinajstić information content (AvgIpc) is 3.77. The van der Waals surface area contributed by atoms with Crippen molar-refractivity contribution in [3.8, 4) is 5.75 Å². The number of phenols is 1. The molecule has 2 aromatic carbocycles. The van der Waals surface area contributed by atoms with Gasteiger partial charge in [-0.2, -0.15) is 0 Å². The van der Waals surface area contributed by atoms with Crippen molar-refractivity contribution < 1.29 is 19.4 Å². The molecule has 7 heteroatoms. The number of ether oxygens (including phenoxy) is 1. The van der Waals surface area contributed by atoms with Gasteiger partial charge in [-0.1, -0.05) is 61.9 Å². The van der Waals surface area contributed by atoms with Gasteiger partial charge in [-0.15, -0.1) is 11.3 Å². The van der Waals surface area contributed by atoms with Crippen molar-refractivity contribution >= 4 is 45.6 Å². The van der Waals surface area contributed by atoms with E-state index >= 15 is 0 Å². The number of aromatic hydroxyl groups is 1. The molecule has 4 atom stereocenters. The van der Waals surface area contributed by atoms with Gasteiger partial charge in [0.2, 0.25) is 11.8 Å². The third-order valence-electron chi connectivity index (χ3n) is 9.56. The molecule has 4 heterocycles. The summed E-state index contributed by atoms with van der Waals surface area (Å²) in [5, 5.41) is 14.2. The van der Waals surface area contributed by atoms with Crippen molar-refractivity contribution in [3.63, 3.8) is 0 Å². The van der Waals surface area contributed by atoms with E-state index in [4.69, 9.17) is 4.74 Å². The number of hydrogen-bond donors (Lipinski definition) is 1. The number of pyridine rings is 1. The number of imide groups is 1. The molecule has 6 nitrogen and oxygen atoms in total. The molecule has 7 rings (SSSR count). The second-order valence-corrected chi connectivity index (χ2v) is 13.4. The molecule has 2 aliphatic heterocycles. The summed E-state index contributed by atoms with van der Waals surface area (Å²) in [4.78, 5) is 34.6. The summed E-state index contributed by atoms with van der Waals surface area (Å²) in [7, 11) is 0. The van der Waals surface area contributed by atoms with Crippen LogP contribution in [0.1, 0.15) is 49.2 Å².